The Hall–Kier alpha value is -0.0600. The van der Waals surface area contributed by atoms with Crippen molar-refractivity contribution >= 4 is 23.1 Å². The number of hydrogen-bond acceptors (Lipinski definition) is 4. The molecule has 0 saturated carbocycles. The fourth-order valence-electron chi connectivity index (χ4n) is 2.21. The van der Waals surface area contributed by atoms with Gasteiger partial charge in [0.2, 0.25) is 0 Å². The molecule has 1 saturated heterocycles. The van der Waals surface area contributed by atoms with Crippen molar-refractivity contribution in [2.45, 2.75) is 38.6 Å². The van der Waals surface area contributed by atoms with Gasteiger partial charge in [0, 0.05) is 23.5 Å². The molecule has 1 aromatic heterocycles. The van der Waals surface area contributed by atoms with Gasteiger partial charge in [-0.2, -0.15) is 11.8 Å². The molecule has 90 valence electrons. The molecule has 1 fully saturated rings. The van der Waals surface area contributed by atoms with Crippen LogP contribution in [0, 0.1) is 12.8 Å². The predicted octanol–water partition coefficient (Wildman–Crippen LogP) is 2.85. The highest BCUT2D eigenvalue weighted by molar-refractivity contribution is 7.99. The molecule has 2 rings (SSSR count). The van der Waals surface area contributed by atoms with Crippen molar-refractivity contribution in [1.82, 2.24) is 4.98 Å². The quantitative estimate of drug-likeness (QED) is 0.900. The lowest BCUT2D eigenvalue weighted by Gasteiger charge is -2.23. The van der Waals surface area contributed by atoms with E-state index in [2.05, 4.69) is 22.1 Å². The number of aryl methyl sites for hydroxylation is 1. The molecule has 16 heavy (non-hydrogen) atoms. The molecular formula is C12H20N2S2. The minimum Gasteiger partial charge on any atom is -0.327 e. The van der Waals surface area contributed by atoms with Gasteiger partial charge in [-0.25, -0.2) is 4.98 Å². The molecule has 2 nitrogen and oxygen atoms in total. The van der Waals surface area contributed by atoms with Crippen molar-refractivity contribution in [1.29, 1.82) is 0 Å². The van der Waals surface area contributed by atoms with Gasteiger partial charge in [0.05, 0.1) is 5.01 Å². The number of nitrogens with two attached hydrogens (primary N) is 1. The Morgan fingerprint density at radius 3 is 2.88 bits per heavy atom. The first-order valence-electron chi connectivity index (χ1n) is 5.98. The summed E-state index contributed by atoms with van der Waals surface area (Å²) in [6.07, 6.45) is 4.85. The second kappa shape index (κ2) is 6.03. The zero-order valence-corrected chi connectivity index (χ0v) is 11.4. The molecule has 2 heterocycles. The van der Waals surface area contributed by atoms with E-state index in [1.165, 1.54) is 35.8 Å². The molecule has 1 unspecified atom stereocenters. The van der Waals surface area contributed by atoms with E-state index >= 15 is 0 Å². The largest absolute Gasteiger partial charge is 0.327 e. The Kier molecular flexibility index (Phi) is 4.67. The van der Waals surface area contributed by atoms with Gasteiger partial charge in [0.25, 0.3) is 0 Å². The second-order valence-corrected chi connectivity index (χ2v) is 6.81. The molecule has 4 heteroatoms. The van der Waals surface area contributed by atoms with Gasteiger partial charge in [-0.3, -0.25) is 0 Å². The number of rotatable bonds is 4. The lowest BCUT2D eigenvalue weighted by molar-refractivity contribution is 0.405. The molecule has 2 N–H and O–H groups in total. The number of hydrogen-bond donors (Lipinski definition) is 1. The monoisotopic (exact) mass is 256 g/mol. The van der Waals surface area contributed by atoms with Crippen LogP contribution >= 0.6 is 23.1 Å². The fourth-order valence-corrected chi connectivity index (χ4v) is 4.28. The van der Waals surface area contributed by atoms with Crippen molar-refractivity contribution in [3.8, 4) is 0 Å². The van der Waals surface area contributed by atoms with Crippen LogP contribution in [-0.4, -0.2) is 22.5 Å². The highest BCUT2D eigenvalue weighted by Gasteiger charge is 2.17. The normalized spacial score (nSPS) is 19.9. The van der Waals surface area contributed by atoms with E-state index in [1.807, 2.05) is 6.92 Å². The van der Waals surface area contributed by atoms with Crippen LogP contribution in [0.3, 0.4) is 0 Å². The van der Waals surface area contributed by atoms with Crippen LogP contribution in [0.5, 0.6) is 0 Å². The number of aromatic nitrogens is 1. The lowest BCUT2D eigenvalue weighted by Crippen LogP contribution is -2.27. The Labute approximate surface area is 106 Å². The zero-order chi connectivity index (χ0) is 11.4. The molecule has 0 radical (unpaired) electrons. The third kappa shape index (κ3) is 3.75. The summed E-state index contributed by atoms with van der Waals surface area (Å²) in [5, 5.41) is 3.31. The smallest absolute Gasteiger partial charge is 0.0943 e. The van der Waals surface area contributed by atoms with E-state index < -0.39 is 0 Å². The first-order valence-corrected chi connectivity index (χ1v) is 8.02. The zero-order valence-electron chi connectivity index (χ0n) is 9.82. The average Bonchev–Trinajstić information content (AvgIpc) is 2.65. The highest BCUT2D eigenvalue weighted by Crippen LogP contribution is 2.26. The summed E-state index contributed by atoms with van der Waals surface area (Å²) in [5.41, 5.74) is 7.33. The van der Waals surface area contributed by atoms with Gasteiger partial charge in [0.15, 0.2) is 0 Å². The molecule has 0 aliphatic carbocycles. The van der Waals surface area contributed by atoms with Gasteiger partial charge >= 0.3 is 0 Å². The van der Waals surface area contributed by atoms with Gasteiger partial charge in [-0.1, -0.05) is 0 Å². The number of thiazole rings is 1. The topological polar surface area (TPSA) is 38.9 Å². The van der Waals surface area contributed by atoms with Crippen LogP contribution in [0.25, 0.3) is 0 Å². The summed E-state index contributed by atoms with van der Waals surface area (Å²) in [6.45, 7) is 2.05. The summed E-state index contributed by atoms with van der Waals surface area (Å²) in [5.74, 6) is 3.51. The lowest BCUT2D eigenvalue weighted by atomic mass is 9.93. The predicted molar refractivity (Wildman–Crippen MR) is 73.2 cm³/mol. The highest BCUT2D eigenvalue weighted by atomic mass is 32.2. The van der Waals surface area contributed by atoms with E-state index in [0.29, 0.717) is 6.04 Å². The summed E-state index contributed by atoms with van der Waals surface area (Å²) in [7, 11) is 0. The molecule has 0 spiro atoms. The maximum absolute atomic E-state index is 6.21. The summed E-state index contributed by atoms with van der Waals surface area (Å²) >= 11 is 3.83. The summed E-state index contributed by atoms with van der Waals surface area (Å²) < 4.78 is 0. The molecule has 1 aromatic rings. The van der Waals surface area contributed by atoms with Crippen molar-refractivity contribution in [3.05, 3.63) is 16.1 Å². The minimum atomic E-state index is 0.304. The van der Waals surface area contributed by atoms with E-state index in [-0.39, 0.29) is 0 Å². The van der Waals surface area contributed by atoms with Crippen LogP contribution < -0.4 is 5.73 Å². The SMILES string of the molecule is Cc1csc(CC(N)CC2CCSCC2)n1. The average molecular weight is 256 g/mol. The molecule has 1 aliphatic heterocycles. The Balaban J connectivity index is 1.77. The van der Waals surface area contributed by atoms with Gasteiger partial charge in [-0.15, -0.1) is 11.3 Å². The Bertz CT molecular complexity index is 319. The summed E-state index contributed by atoms with van der Waals surface area (Å²) in [4.78, 5) is 4.48. The maximum atomic E-state index is 6.21. The van der Waals surface area contributed by atoms with Crippen molar-refractivity contribution in [2.75, 3.05) is 11.5 Å². The van der Waals surface area contributed by atoms with Gasteiger partial charge in [0.1, 0.15) is 0 Å². The molecule has 0 aromatic carbocycles. The number of nitrogens with zero attached hydrogens (tertiary/aromatic N) is 1. The first-order chi connectivity index (χ1) is 7.74. The van der Waals surface area contributed by atoms with Crippen LogP contribution in [0.2, 0.25) is 0 Å². The van der Waals surface area contributed by atoms with E-state index in [0.717, 1.165) is 18.0 Å². The molecule has 0 amide bonds. The Morgan fingerprint density at radius 2 is 2.25 bits per heavy atom. The summed E-state index contributed by atoms with van der Waals surface area (Å²) in [6, 6.07) is 0.304. The van der Waals surface area contributed by atoms with Crippen molar-refractivity contribution < 1.29 is 0 Å². The maximum Gasteiger partial charge on any atom is 0.0943 e. The van der Waals surface area contributed by atoms with Crippen LogP contribution in [0.1, 0.15) is 30.0 Å². The molecule has 1 atom stereocenters. The van der Waals surface area contributed by atoms with E-state index in [9.17, 15) is 0 Å². The third-order valence-electron chi connectivity index (χ3n) is 3.08. The van der Waals surface area contributed by atoms with Gasteiger partial charge in [-0.05, 0) is 43.6 Å². The molecule has 1 aliphatic rings. The molecular weight excluding hydrogens is 236 g/mol. The first kappa shape index (κ1) is 12.4. The van der Waals surface area contributed by atoms with Crippen molar-refractivity contribution in [3.63, 3.8) is 0 Å². The van der Waals surface area contributed by atoms with Crippen LogP contribution in [0.15, 0.2) is 5.38 Å². The minimum absolute atomic E-state index is 0.304. The van der Waals surface area contributed by atoms with E-state index in [1.54, 1.807) is 11.3 Å². The molecule has 0 bridgehead atoms. The number of thioether (sulfide) groups is 1. The standard InChI is InChI=1S/C12H20N2S2/c1-9-8-16-12(14-9)7-11(13)6-10-2-4-15-5-3-10/h8,10-11H,2-7,13H2,1H3. The second-order valence-electron chi connectivity index (χ2n) is 4.64. The van der Waals surface area contributed by atoms with Crippen molar-refractivity contribution in [2.24, 2.45) is 11.7 Å². The van der Waals surface area contributed by atoms with Gasteiger partial charge < -0.3 is 5.73 Å². The fraction of sp³-hybridized carbons (Fsp3) is 0.750. The third-order valence-corrected chi connectivity index (χ3v) is 5.12. The van der Waals surface area contributed by atoms with Crippen LogP contribution in [0.4, 0.5) is 0 Å². The van der Waals surface area contributed by atoms with Crippen LogP contribution in [-0.2, 0) is 6.42 Å². The van der Waals surface area contributed by atoms with E-state index in [4.69, 9.17) is 5.73 Å². The Morgan fingerprint density at radius 1 is 1.50 bits per heavy atom.